The van der Waals surface area contributed by atoms with Gasteiger partial charge < -0.3 is 10.1 Å². The van der Waals surface area contributed by atoms with Crippen molar-refractivity contribution in [3.8, 4) is 0 Å². The number of nitrogens with zero attached hydrogens (tertiary/aromatic N) is 4. The molecule has 2 aromatic carbocycles. The summed E-state index contributed by atoms with van der Waals surface area (Å²) in [7, 11) is 1.77. The zero-order valence-electron chi connectivity index (χ0n) is 17.0. The van der Waals surface area contributed by atoms with Crippen LogP contribution in [0.3, 0.4) is 0 Å². The molecule has 152 valence electrons. The highest BCUT2D eigenvalue weighted by Crippen LogP contribution is 2.36. The molecule has 0 aliphatic carbocycles. The van der Waals surface area contributed by atoms with Gasteiger partial charge in [-0.2, -0.15) is 0 Å². The lowest BCUT2D eigenvalue weighted by Gasteiger charge is -2.46. The molecule has 0 saturated carbocycles. The largest absolute Gasteiger partial charge is 0.358 e. The molecular formula is C22H28N6O. The maximum absolute atomic E-state index is 6.16. The van der Waals surface area contributed by atoms with Crippen LogP contribution in [0, 0.1) is 0 Å². The van der Waals surface area contributed by atoms with E-state index in [2.05, 4.69) is 81.6 Å². The van der Waals surface area contributed by atoms with Crippen LogP contribution in [-0.4, -0.2) is 39.9 Å². The smallest absolute Gasteiger partial charge is 0.160 e. The van der Waals surface area contributed by atoms with Gasteiger partial charge in [-0.3, -0.25) is 5.32 Å². The highest BCUT2D eigenvalue weighted by molar-refractivity contribution is 5.27. The second-order valence-electron chi connectivity index (χ2n) is 7.39. The summed E-state index contributed by atoms with van der Waals surface area (Å²) < 4.78 is 8.03. The average molecular weight is 393 g/mol. The fourth-order valence-corrected chi connectivity index (χ4v) is 4.24. The SMILES string of the molecule is CCn1nnnc1C1CN[C@](OC)(c2ccccc2)[C@@H](NCc2ccccc2)C1. The summed E-state index contributed by atoms with van der Waals surface area (Å²) in [4.78, 5) is 0. The minimum Gasteiger partial charge on any atom is -0.358 e. The van der Waals surface area contributed by atoms with Crippen LogP contribution in [0.4, 0.5) is 0 Å². The fourth-order valence-electron chi connectivity index (χ4n) is 4.24. The van der Waals surface area contributed by atoms with E-state index < -0.39 is 5.72 Å². The Balaban J connectivity index is 1.63. The molecule has 1 aliphatic heterocycles. The highest BCUT2D eigenvalue weighted by Gasteiger charge is 2.46. The molecule has 0 spiro atoms. The molecule has 1 fully saturated rings. The van der Waals surface area contributed by atoms with E-state index in [1.807, 2.05) is 16.8 Å². The Bertz CT molecular complexity index is 900. The Morgan fingerprint density at radius 1 is 1.14 bits per heavy atom. The average Bonchev–Trinajstić information content (AvgIpc) is 3.28. The van der Waals surface area contributed by atoms with Gasteiger partial charge >= 0.3 is 0 Å². The molecule has 1 aliphatic rings. The number of aryl methyl sites for hydroxylation is 1. The van der Waals surface area contributed by atoms with Crippen molar-refractivity contribution >= 4 is 0 Å². The Kier molecular flexibility index (Phi) is 5.99. The molecule has 2 N–H and O–H groups in total. The highest BCUT2D eigenvalue weighted by atomic mass is 16.5. The topological polar surface area (TPSA) is 76.9 Å². The van der Waals surface area contributed by atoms with E-state index in [0.29, 0.717) is 0 Å². The van der Waals surface area contributed by atoms with Crippen molar-refractivity contribution in [2.45, 2.75) is 44.1 Å². The number of ether oxygens (including phenoxy) is 1. The van der Waals surface area contributed by atoms with Crippen molar-refractivity contribution in [2.24, 2.45) is 0 Å². The lowest BCUT2D eigenvalue weighted by atomic mass is 9.82. The van der Waals surface area contributed by atoms with E-state index in [1.54, 1.807) is 7.11 Å². The van der Waals surface area contributed by atoms with Crippen LogP contribution >= 0.6 is 0 Å². The molecule has 0 amide bonds. The van der Waals surface area contributed by atoms with Gasteiger partial charge in [0, 0.05) is 38.2 Å². The van der Waals surface area contributed by atoms with Gasteiger partial charge in [0.2, 0.25) is 0 Å². The number of rotatable bonds is 7. The van der Waals surface area contributed by atoms with E-state index in [-0.39, 0.29) is 12.0 Å². The molecule has 7 nitrogen and oxygen atoms in total. The number of aromatic nitrogens is 4. The van der Waals surface area contributed by atoms with Gasteiger partial charge in [-0.15, -0.1) is 5.10 Å². The summed E-state index contributed by atoms with van der Waals surface area (Å²) in [5.41, 5.74) is 1.74. The first-order valence-electron chi connectivity index (χ1n) is 10.2. The van der Waals surface area contributed by atoms with Gasteiger partial charge in [0.15, 0.2) is 11.5 Å². The Morgan fingerprint density at radius 2 is 1.86 bits per heavy atom. The second kappa shape index (κ2) is 8.82. The third kappa shape index (κ3) is 3.94. The van der Waals surface area contributed by atoms with E-state index in [0.717, 1.165) is 37.4 Å². The fraction of sp³-hybridized carbons (Fsp3) is 0.409. The Morgan fingerprint density at radius 3 is 2.55 bits per heavy atom. The Hall–Kier alpha value is -2.61. The maximum atomic E-state index is 6.16. The van der Waals surface area contributed by atoms with Crippen LogP contribution in [0.1, 0.15) is 36.2 Å². The van der Waals surface area contributed by atoms with Crippen molar-refractivity contribution in [1.29, 1.82) is 0 Å². The molecule has 3 aromatic rings. The van der Waals surface area contributed by atoms with Crippen molar-refractivity contribution in [3.63, 3.8) is 0 Å². The van der Waals surface area contributed by atoms with E-state index in [9.17, 15) is 0 Å². The van der Waals surface area contributed by atoms with Gasteiger partial charge in [0.25, 0.3) is 0 Å². The molecule has 3 atom stereocenters. The lowest BCUT2D eigenvalue weighted by molar-refractivity contribution is -0.0942. The molecular weight excluding hydrogens is 364 g/mol. The zero-order chi connectivity index (χ0) is 20.1. The second-order valence-corrected chi connectivity index (χ2v) is 7.39. The standard InChI is InChI=1S/C22H28N6O/c1-3-28-21(25-26-27-28)18-14-20(23-15-17-10-6-4-7-11-17)22(29-2,24-16-18)19-12-8-5-9-13-19/h4-13,18,20,23-24H,3,14-16H2,1-2H3/t18?,20-,22-/m0/s1. The number of hydrogen-bond donors (Lipinski definition) is 2. The number of nitrogens with one attached hydrogen (secondary N) is 2. The first-order valence-corrected chi connectivity index (χ1v) is 10.2. The van der Waals surface area contributed by atoms with Crippen LogP contribution in [0.25, 0.3) is 0 Å². The summed E-state index contributed by atoms with van der Waals surface area (Å²) in [6.07, 6.45) is 0.864. The van der Waals surface area contributed by atoms with Crippen LogP contribution in [0.5, 0.6) is 0 Å². The van der Waals surface area contributed by atoms with Crippen molar-refractivity contribution in [3.05, 3.63) is 77.6 Å². The summed E-state index contributed by atoms with van der Waals surface area (Å²) >= 11 is 0. The summed E-state index contributed by atoms with van der Waals surface area (Å²) in [5.74, 6) is 1.12. The summed E-state index contributed by atoms with van der Waals surface area (Å²) in [6, 6.07) is 20.8. The van der Waals surface area contributed by atoms with Gasteiger partial charge in [-0.1, -0.05) is 60.7 Å². The van der Waals surface area contributed by atoms with Gasteiger partial charge in [-0.05, 0) is 29.3 Å². The Labute approximate surface area is 171 Å². The molecule has 29 heavy (non-hydrogen) atoms. The predicted molar refractivity (Wildman–Crippen MR) is 111 cm³/mol. The lowest BCUT2D eigenvalue weighted by Crippen LogP contribution is -2.63. The van der Waals surface area contributed by atoms with Crippen LogP contribution in [0.2, 0.25) is 0 Å². The molecule has 4 rings (SSSR count). The first kappa shape index (κ1) is 19.7. The summed E-state index contributed by atoms with van der Waals surface area (Å²) in [5, 5.41) is 19.7. The van der Waals surface area contributed by atoms with Crippen molar-refractivity contribution in [1.82, 2.24) is 30.8 Å². The minimum atomic E-state index is -0.614. The maximum Gasteiger partial charge on any atom is 0.160 e. The molecule has 0 bridgehead atoms. The molecule has 1 unspecified atom stereocenters. The van der Waals surface area contributed by atoms with Crippen molar-refractivity contribution in [2.75, 3.05) is 13.7 Å². The number of tetrazole rings is 1. The summed E-state index contributed by atoms with van der Waals surface area (Å²) in [6.45, 7) is 4.32. The zero-order valence-corrected chi connectivity index (χ0v) is 17.0. The van der Waals surface area contributed by atoms with Crippen LogP contribution in [0.15, 0.2) is 60.7 Å². The normalized spacial score (nSPS) is 24.5. The monoisotopic (exact) mass is 392 g/mol. The van der Waals surface area contributed by atoms with Gasteiger partial charge in [0.05, 0.1) is 6.04 Å². The number of benzene rings is 2. The van der Waals surface area contributed by atoms with E-state index in [4.69, 9.17) is 4.74 Å². The number of hydrogen-bond acceptors (Lipinski definition) is 6. The van der Waals surface area contributed by atoms with Gasteiger partial charge in [-0.25, -0.2) is 4.68 Å². The number of methoxy groups -OCH3 is 1. The van der Waals surface area contributed by atoms with Gasteiger partial charge in [0.1, 0.15) is 0 Å². The third-order valence-electron chi connectivity index (χ3n) is 5.77. The van der Waals surface area contributed by atoms with E-state index in [1.165, 1.54) is 5.56 Å². The molecule has 1 aromatic heterocycles. The minimum absolute atomic E-state index is 0.0378. The van der Waals surface area contributed by atoms with Crippen molar-refractivity contribution < 1.29 is 4.74 Å². The molecule has 1 saturated heterocycles. The quantitative estimate of drug-likeness (QED) is 0.643. The molecule has 2 heterocycles. The molecule has 7 heteroatoms. The third-order valence-corrected chi connectivity index (χ3v) is 5.77. The number of piperidine rings is 1. The first-order chi connectivity index (χ1) is 14.3. The predicted octanol–water partition coefficient (Wildman–Crippen LogP) is 2.43. The molecule has 0 radical (unpaired) electrons. The van der Waals surface area contributed by atoms with E-state index >= 15 is 0 Å². The van der Waals surface area contributed by atoms with Crippen LogP contribution < -0.4 is 10.6 Å². The van der Waals surface area contributed by atoms with Crippen LogP contribution in [-0.2, 0) is 23.6 Å².